The minimum Gasteiger partial charge on any atom is -0.497 e. The highest BCUT2D eigenvalue weighted by molar-refractivity contribution is 5.95. The van der Waals surface area contributed by atoms with Crippen molar-refractivity contribution in [2.75, 3.05) is 20.2 Å². The summed E-state index contributed by atoms with van der Waals surface area (Å²) in [5.74, 6) is -0.706. The molecule has 1 aromatic heterocycles. The highest BCUT2D eigenvalue weighted by atomic mass is 16.6. The number of nitrogens with two attached hydrogens (primary N) is 1. The zero-order valence-electron chi connectivity index (χ0n) is 27.2. The molecule has 4 rings (SSSR count). The van der Waals surface area contributed by atoms with Crippen LogP contribution in [0.15, 0.2) is 59.1 Å². The Morgan fingerprint density at radius 1 is 1.07 bits per heavy atom. The number of carbonyl (C=O) groups excluding carboxylic acids is 4. The normalized spacial score (nSPS) is 19.0. The first-order chi connectivity index (χ1) is 22.0. The lowest BCUT2D eigenvalue weighted by molar-refractivity contribution is -0.788. The van der Waals surface area contributed by atoms with Gasteiger partial charge in [0.05, 0.1) is 20.1 Å². The number of methoxy groups -OCH3 is 1. The molecule has 1 unspecified atom stereocenters. The van der Waals surface area contributed by atoms with Gasteiger partial charge in [0.2, 0.25) is 17.5 Å². The summed E-state index contributed by atoms with van der Waals surface area (Å²) in [5, 5.41) is 3.86. The third kappa shape index (κ3) is 7.86. The summed E-state index contributed by atoms with van der Waals surface area (Å²) in [6.07, 6.45) is 0.589. The zero-order chi connectivity index (χ0) is 33.4. The molecular weight excluding hydrogens is 590 g/mol. The molecule has 1 fully saturated rings. The van der Waals surface area contributed by atoms with Gasteiger partial charge in [0.25, 0.3) is 0 Å². The van der Waals surface area contributed by atoms with Crippen molar-refractivity contribution in [1.82, 2.24) is 15.0 Å². The molecule has 12 heteroatoms. The molecule has 3 aromatic rings. The number of imide groups is 2. The Bertz CT molecular complexity index is 1520. The van der Waals surface area contributed by atoms with Crippen LogP contribution in [0.3, 0.4) is 0 Å². The minimum absolute atomic E-state index is 0.0648. The van der Waals surface area contributed by atoms with E-state index in [1.807, 2.05) is 63.2 Å². The van der Waals surface area contributed by atoms with E-state index in [0.717, 1.165) is 16.0 Å². The number of urea groups is 1. The lowest BCUT2D eigenvalue weighted by atomic mass is 10.0. The fraction of sp³-hybridized carbons (Fsp3) is 0.471. The van der Waals surface area contributed by atoms with Gasteiger partial charge in [-0.2, -0.15) is 14.4 Å². The first-order valence-electron chi connectivity index (χ1n) is 15.7. The fourth-order valence-corrected chi connectivity index (χ4v) is 5.76. The molecule has 1 saturated heterocycles. The molecule has 2 heterocycles. The van der Waals surface area contributed by atoms with E-state index in [9.17, 15) is 19.2 Å². The second-order valence-corrected chi connectivity index (χ2v) is 12.4. The van der Waals surface area contributed by atoms with Gasteiger partial charge >= 0.3 is 18.0 Å². The number of amides is 4. The van der Waals surface area contributed by atoms with Crippen LogP contribution < -0.4 is 10.5 Å². The topological polar surface area (TPSA) is 155 Å². The number of hydrogen-bond donors (Lipinski definition) is 1. The minimum atomic E-state index is -0.893. The number of carbonyl (C=O) groups is 4. The van der Waals surface area contributed by atoms with Gasteiger partial charge < -0.3 is 19.7 Å². The van der Waals surface area contributed by atoms with Gasteiger partial charge in [0, 0.05) is 25.8 Å². The number of quaternary nitrogens is 1. The van der Waals surface area contributed by atoms with Gasteiger partial charge in [-0.05, 0) is 42.0 Å². The Labute approximate surface area is 269 Å². The van der Waals surface area contributed by atoms with Gasteiger partial charge in [-0.15, -0.1) is 0 Å². The predicted molar refractivity (Wildman–Crippen MR) is 169 cm³/mol. The van der Waals surface area contributed by atoms with Crippen LogP contribution in [-0.2, 0) is 22.6 Å². The van der Waals surface area contributed by atoms with Crippen LogP contribution >= 0.6 is 0 Å². The second-order valence-electron chi connectivity index (χ2n) is 12.4. The number of ether oxygens (including phenoxy) is 2. The Balaban J connectivity index is 1.53. The molecule has 2 N–H and O–H groups in total. The van der Waals surface area contributed by atoms with E-state index in [4.69, 9.17) is 19.7 Å². The average Bonchev–Trinajstić information content (AvgIpc) is 3.69. The van der Waals surface area contributed by atoms with Crippen molar-refractivity contribution in [2.45, 2.75) is 72.1 Å². The molecule has 46 heavy (non-hydrogen) atoms. The van der Waals surface area contributed by atoms with Gasteiger partial charge in [-0.3, -0.25) is 4.79 Å². The summed E-state index contributed by atoms with van der Waals surface area (Å²) in [6.45, 7) is 7.21. The summed E-state index contributed by atoms with van der Waals surface area (Å²) < 4.78 is 15.6. The SMILES string of the molecule is COc1cccc(Cc2nc(C(=O)C[C@H](C)CN(C(=O)OCc3ccccc3)C(=O)[N+]3(C(=O)[C@@H](N)C(C)C)CCC[C@H]3C)no2)c1. The highest BCUT2D eigenvalue weighted by Crippen LogP contribution is 2.32. The number of likely N-dealkylation sites (tertiary alicyclic amines) is 1. The van der Waals surface area contributed by atoms with Gasteiger partial charge in [0.1, 0.15) is 24.4 Å². The van der Waals surface area contributed by atoms with E-state index >= 15 is 0 Å². The van der Waals surface area contributed by atoms with Crippen LogP contribution in [0.1, 0.15) is 74.6 Å². The molecule has 0 aliphatic carbocycles. The smallest absolute Gasteiger partial charge is 0.436 e. The number of aromatic nitrogens is 2. The summed E-state index contributed by atoms with van der Waals surface area (Å²) in [5.41, 5.74) is 7.92. The lowest BCUT2D eigenvalue weighted by Gasteiger charge is -2.38. The van der Waals surface area contributed by atoms with Crippen molar-refractivity contribution in [1.29, 1.82) is 0 Å². The average molecular weight is 635 g/mol. The van der Waals surface area contributed by atoms with E-state index in [2.05, 4.69) is 10.1 Å². The number of benzene rings is 2. The number of nitrogens with zero attached hydrogens (tertiary/aromatic N) is 4. The maximum absolute atomic E-state index is 14.4. The molecule has 1 aliphatic heterocycles. The Morgan fingerprint density at radius 2 is 1.78 bits per heavy atom. The molecule has 1 aliphatic rings. The maximum Gasteiger partial charge on any atom is 0.436 e. The Morgan fingerprint density at radius 3 is 2.43 bits per heavy atom. The van der Waals surface area contributed by atoms with Crippen LogP contribution in [0, 0.1) is 11.8 Å². The van der Waals surface area contributed by atoms with Crippen LogP contribution in [0.5, 0.6) is 5.75 Å². The van der Waals surface area contributed by atoms with Crippen molar-refractivity contribution >= 4 is 23.8 Å². The first-order valence-corrected chi connectivity index (χ1v) is 15.7. The summed E-state index contributed by atoms with van der Waals surface area (Å²) in [7, 11) is 1.58. The first kappa shape index (κ1) is 34.5. The molecule has 0 bridgehead atoms. The van der Waals surface area contributed by atoms with Gasteiger partial charge in [-0.1, -0.05) is 68.4 Å². The van der Waals surface area contributed by atoms with Crippen molar-refractivity contribution in [3.63, 3.8) is 0 Å². The zero-order valence-corrected chi connectivity index (χ0v) is 27.2. The highest BCUT2D eigenvalue weighted by Gasteiger charge is 2.57. The largest absolute Gasteiger partial charge is 0.497 e. The quantitative estimate of drug-likeness (QED) is 0.209. The predicted octanol–water partition coefficient (Wildman–Crippen LogP) is 5.15. The van der Waals surface area contributed by atoms with Crippen LogP contribution in [0.25, 0.3) is 0 Å². The van der Waals surface area contributed by atoms with E-state index in [-0.39, 0.29) is 49.8 Å². The number of Topliss-reactive ketones (excluding diaryl/α,β-unsaturated/α-hetero) is 1. The van der Waals surface area contributed by atoms with Crippen molar-refractivity contribution in [3.8, 4) is 5.75 Å². The number of hydrogen-bond acceptors (Lipinski definition) is 10. The summed E-state index contributed by atoms with van der Waals surface area (Å²) in [6, 6.07) is 14.5. The third-order valence-electron chi connectivity index (χ3n) is 8.51. The molecule has 12 nitrogen and oxygen atoms in total. The van der Waals surface area contributed by atoms with Gasteiger partial charge in [-0.25, -0.2) is 14.4 Å². The lowest BCUT2D eigenvalue weighted by Crippen LogP contribution is -2.68. The van der Waals surface area contributed by atoms with E-state index < -0.39 is 40.3 Å². The Hall–Kier alpha value is -4.42. The van der Waals surface area contributed by atoms with Crippen LogP contribution in [0.4, 0.5) is 9.59 Å². The van der Waals surface area contributed by atoms with Crippen molar-refractivity contribution in [3.05, 3.63) is 77.4 Å². The maximum atomic E-state index is 14.4. The van der Waals surface area contributed by atoms with E-state index in [0.29, 0.717) is 25.0 Å². The molecule has 246 valence electrons. The molecule has 2 aromatic carbocycles. The molecule has 4 amide bonds. The van der Waals surface area contributed by atoms with Crippen molar-refractivity contribution in [2.24, 2.45) is 17.6 Å². The molecular formula is C34H44N5O7+. The second kappa shape index (κ2) is 15.2. The summed E-state index contributed by atoms with van der Waals surface area (Å²) >= 11 is 0. The Kier molecular flexibility index (Phi) is 11.4. The number of rotatable bonds is 12. The van der Waals surface area contributed by atoms with E-state index in [1.54, 1.807) is 26.2 Å². The number of ketones is 1. The van der Waals surface area contributed by atoms with E-state index in [1.165, 1.54) is 0 Å². The monoisotopic (exact) mass is 634 g/mol. The van der Waals surface area contributed by atoms with Crippen molar-refractivity contribution < 1.29 is 37.7 Å². The molecule has 0 radical (unpaired) electrons. The fourth-order valence-electron chi connectivity index (χ4n) is 5.76. The molecule has 0 spiro atoms. The standard InChI is InChI=1S/C34H44N5O7/c1-22(2)30(35)32(41)39(16-10-11-24(39)4)33(42)38(34(43)45-21-25-12-7-6-8-13-25)20-23(3)17-28(40)31-36-29(46-37-31)19-26-14-9-15-27(18-26)44-5/h6-9,12-15,18,22-24,30H,10-11,16-17,19-21,35H2,1-5H3/q+1/t23-,24+,30-,39?/m0/s1. The van der Waals surface area contributed by atoms with Gasteiger partial charge in [0.15, 0.2) is 0 Å². The van der Waals surface area contributed by atoms with Crippen LogP contribution in [0.2, 0.25) is 0 Å². The third-order valence-corrected chi connectivity index (χ3v) is 8.51. The summed E-state index contributed by atoms with van der Waals surface area (Å²) in [4.78, 5) is 60.3. The van der Waals surface area contributed by atoms with Crippen LogP contribution in [-0.4, -0.2) is 75.6 Å². The molecule has 4 atom stereocenters. The molecule has 0 saturated carbocycles.